The van der Waals surface area contributed by atoms with Crippen molar-refractivity contribution in [2.45, 2.75) is 18.9 Å². The Balaban J connectivity index is 2.15. The molecule has 1 heterocycles. The van der Waals surface area contributed by atoms with Crippen molar-refractivity contribution in [1.82, 2.24) is 5.32 Å². The summed E-state index contributed by atoms with van der Waals surface area (Å²) in [5, 5.41) is 3.08. The quantitative estimate of drug-likeness (QED) is 0.835. The Morgan fingerprint density at radius 1 is 1.44 bits per heavy atom. The normalized spacial score (nSPS) is 18.4. The molecule has 1 aromatic rings. The topological polar surface area (TPSA) is 24.5 Å². The average molecular weight is 256 g/mol. The van der Waals surface area contributed by atoms with E-state index in [1.807, 2.05) is 19.0 Å². The first-order valence-electron chi connectivity index (χ1n) is 6.12. The molecule has 100 valence electrons. The molecule has 0 saturated carbocycles. The van der Waals surface area contributed by atoms with E-state index in [-0.39, 0.29) is 6.04 Å². The molecule has 3 nitrogen and oxygen atoms in total. The van der Waals surface area contributed by atoms with Crippen LogP contribution in [-0.2, 0) is 0 Å². The fourth-order valence-corrected chi connectivity index (χ4v) is 2.27. The number of fused-ring (bicyclic) bond motifs is 1. The van der Waals surface area contributed by atoms with E-state index in [2.05, 4.69) is 5.32 Å². The van der Waals surface area contributed by atoms with Crippen LogP contribution in [0.15, 0.2) is 12.1 Å². The second kappa shape index (κ2) is 5.52. The van der Waals surface area contributed by atoms with Crippen LogP contribution >= 0.6 is 0 Å². The SMILES string of the molecule is CNCCCC1COc2cc(F)cc(F)c2N1C. The van der Waals surface area contributed by atoms with E-state index in [0.717, 1.165) is 25.5 Å². The summed E-state index contributed by atoms with van der Waals surface area (Å²) < 4.78 is 32.3. The summed E-state index contributed by atoms with van der Waals surface area (Å²) in [6.45, 7) is 1.39. The van der Waals surface area contributed by atoms with Gasteiger partial charge in [0.2, 0.25) is 0 Å². The molecular weight excluding hydrogens is 238 g/mol. The highest BCUT2D eigenvalue weighted by molar-refractivity contribution is 5.61. The lowest BCUT2D eigenvalue weighted by atomic mass is 10.1. The van der Waals surface area contributed by atoms with Gasteiger partial charge in [-0.1, -0.05) is 0 Å². The average Bonchev–Trinajstić information content (AvgIpc) is 2.31. The molecule has 0 spiro atoms. The molecule has 1 unspecified atom stereocenters. The van der Waals surface area contributed by atoms with Crippen molar-refractivity contribution in [1.29, 1.82) is 0 Å². The Hall–Kier alpha value is -1.36. The summed E-state index contributed by atoms with van der Waals surface area (Å²) in [6, 6.07) is 2.26. The van der Waals surface area contributed by atoms with E-state index < -0.39 is 11.6 Å². The predicted octanol–water partition coefficient (Wildman–Crippen LogP) is 2.16. The van der Waals surface area contributed by atoms with Gasteiger partial charge in [0, 0.05) is 19.2 Å². The monoisotopic (exact) mass is 256 g/mol. The lowest BCUT2D eigenvalue weighted by Gasteiger charge is -2.36. The van der Waals surface area contributed by atoms with Gasteiger partial charge in [0.25, 0.3) is 0 Å². The van der Waals surface area contributed by atoms with Crippen LogP contribution in [0.5, 0.6) is 5.75 Å². The molecule has 2 rings (SSSR count). The van der Waals surface area contributed by atoms with Gasteiger partial charge in [-0.2, -0.15) is 0 Å². The maximum absolute atomic E-state index is 13.8. The molecule has 0 aromatic heterocycles. The van der Waals surface area contributed by atoms with Crippen molar-refractivity contribution in [2.75, 3.05) is 32.1 Å². The molecule has 0 bridgehead atoms. The smallest absolute Gasteiger partial charge is 0.153 e. The van der Waals surface area contributed by atoms with Gasteiger partial charge in [-0.05, 0) is 26.4 Å². The highest BCUT2D eigenvalue weighted by atomic mass is 19.1. The molecule has 18 heavy (non-hydrogen) atoms. The molecule has 1 aromatic carbocycles. The summed E-state index contributed by atoms with van der Waals surface area (Å²) in [4.78, 5) is 1.85. The summed E-state index contributed by atoms with van der Waals surface area (Å²) in [5.41, 5.74) is 0.358. The minimum absolute atomic E-state index is 0.130. The minimum atomic E-state index is -0.603. The molecule has 1 aliphatic rings. The van der Waals surface area contributed by atoms with Crippen molar-refractivity contribution in [3.8, 4) is 5.75 Å². The number of anilines is 1. The summed E-state index contributed by atoms with van der Waals surface area (Å²) in [6.07, 6.45) is 1.90. The fraction of sp³-hybridized carbons (Fsp3) is 0.538. The van der Waals surface area contributed by atoms with Crippen LogP contribution in [0.2, 0.25) is 0 Å². The van der Waals surface area contributed by atoms with E-state index in [9.17, 15) is 8.78 Å². The molecule has 1 aliphatic heterocycles. The highest BCUT2D eigenvalue weighted by Gasteiger charge is 2.27. The van der Waals surface area contributed by atoms with E-state index in [0.29, 0.717) is 18.0 Å². The Morgan fingerprint density at radius 3 is 2.94 bits per heavy atom. The zero-order valence-electron chi connectivity index (χ0n) is 10.7. The van der Waals surface area contributed by atoms with Crippen LogP contribution < -0.4 is 15.0 Å². The molecule has 0 fully saturated rings. The Labute approximate surface area is 106 Å². The number of halogens is 2. The fourth-order valence-electron chi connectivity index (χ4n) is 2.27. The van der Waals surface area contributed by atoms with Crippen molar-refractivity contribution in [2.24, 2.45) is 0 Å². The molecule has 0 amide bonds. The van der Waals surface area contributed by atoms with Crippen LogP contribution in [0.3, 0.4) is 0 Å². The van der Waals surface area contributed by atoms with Crippen molar-refractivity contribution >= 4 is 5.69 Å². The van der Waals surface area contributed by atoms with Gasteiger partial charge in [-0.3, -0.25) is 0 Å². The van der Waals surface area contributed by atoms with Crippen LogP contribution in [0.1, 0.15) is 12.8 Å². The standard InChI is InChI=1S/C13H18F2N2O/c1-16-5-3-4-10-8-18-12-7-9(14)6-11(15)13(12)17(10)2/h6-7,10,16H,3-5,8H2,1-2H3. The van der Waals surface area contributed by atoms with E-state index in [4.69, 9.17) is 4.74 Å². The predicted molar refractivity (Wildman–Crippen MR) is 67.2 cm³/mol. The maximum Gasteiger partial charge on any atom is 0.153 e. The van der Waals surface area contributed by atoms with Crippen molar-refractivity contribution < 1.29 is 13.5 Å². The summed E-state index contributed by atoms with van der Waals surface area (Å²) in [7, 11) is 3.73. The Morgan fingerprint density at radius 2 is 2.22 bits per heavy atom. The van der Waals surface area contributed by atoms with E-state index >= 15 is 0 Å². The second-order valence-electron chi connectivity index (χ2n) is 4.56. The third-order valence-electron chi connectivity index (χ3n) is 3.29. The maximum atomic E-state index is 13.8. The van der Waals surface area contributed by atoms with Crippen LogP contribution in [0.25, 0.3) is 0 Å². The molecule has 0 aliphatic carbocycles. The molecule has 0 radical (unpaired) electrons. The number of benzene rings is 1. The van der Waals surface area contributed by atoms with Gasteiger partial charge >= 0.3 is 0 Å². The van der Waals surface area contributed by atoms with Gasteiger partial charge in [-0.15, -0.1) is 0 Å². The first-order valence-corrected chi connectivity index (χ1v) is 6.12. The first-order chi connectivity index (χ1) is 8.63. The van der Waals surface area contributed by atoms with Crippen molar-refractivity contribution in [3.63, 3.8) is 0 Å². The molecule has 5 heteroatoms. The van der Waals surface area contributed by atoms with Crippen LogP contribution in [-0.4, -0.2) is 33.3 Å². The lowest BCUT2D eigenvalue weighted by Crippen LogP contribution is -2.41. The van der Waals surface area contributed by atoms with Gasteiger partial charge in [-0.25, -0.2) is 8.78 Å². The molecule has 1 N–H and O–H groups in total. The second-order valence-corrected chi connectivity index (χ2v) is 4.56. The zero-order chi connectivity index (χ0) is 13.1. The number of hydrogen-bond acceptors (Lipinski definition) is 3. The number of ether oxygens (including phenoxy) is 1. The van der Waals surface area contributed by atoms with Gasteiger partial charge in [0.1, 0.15) is 23.9 Å². The summed E-state index contributed by atoms with van der Waals surface area (Å²) in [5.74, 6) is -0.876. The molecule has 0 saturated heterocycles. The third-order valence-corrected chi connectivity index (χ3v) is 3.29. The summed E-state index contributed by atoms with van der Waals surface area (Å²) >= 11 is 0. The van der Waals surface area contributed by atoms with Gasteiger partial charge in [0.15, 0.2) is 5.82 Å². The molecule has 1 atom stereocenters. The number of hydrogen-bond donors (Lipinski definition) is 1. The number of rotatable bonds is 4. The third kappa shape index (κ3) is 2.56. The zero-order valence-corrected chi connectivity index (χ0v) is 10.7. The number of nitrogens with zero attached hydrogens (tertiary/aromatic N) is 1. The van der Waals surface area contributed by atoms with Crippen LogP contribution in [0.4, 0.5) is 14.5 Å². The number of nitrogens with one attached hydrogen (secondary N) is 1. The minimum Gasteiger partial charge on any atom is -0.489 e. The van der Waals surface area contributed by atoms with E-state index in [1.165, 1.54) is 6.07 Å². The lowest BCUT2D eigenvalue weighted by molar-refractivity contribution is 0.254. The first kappa shape index (κ1) is 13.1. The molecular formula is C13H18F2N2O. The van der Waals surface area contributed by atoms with Crippen LogP contribution in [0, 0.1) is 11.6 Å². The van der Waals surface area contributed by atoms with E-state index in [1.54, 1.807) is 0 Å². The van der Waals surface area contributed by atoms with Crippen molar-refractivity contribution in [3.05, 3.63) is 23.8 Å². The Kier molecular flexibility index (Phi) is 4.01. The Bertz CT molecular complexity index is 426. The van der Waals surface area contributed by atoms with Gasteiger partial charge in [0.05, 0.1) is 6.04 Å². The highest BCUT2D eigenvalue weighted by Crippen LogP contribution is 2.36. The number of likely N-dealkylation sites (N-methyl/N-ethyl adjacent to an activating group) is 1. The largest absolute Gasteiger partial charge is 0.489 e. The van der Waals surface area contributed by atoms with Gasteiger partial charge < -0.3 is 15.0 Å².